The Labute approximate surface area is 56.3 Å². The van der Waals surface area contributed by atoms with Crippen molar-refractivity contribution in [3.8, 4) is 0 Å². The van der Waals surface area contributed by atoms with E-state index in [0.717, 1.165) is 0 Å². The highest BCUT2D eigenvalue weighted by molar-refractivity contribution is 6.32. The van der Waals surface area contributed by atoms with Crippen molar-refractivity contribution in [1.29, 1.82) is 0 Å². The van der Waals surface area contributed by atoms with Gasteiger partial charge in [-0.05, 0) is 0 Å². The second-order valence-corrected chi connectivity index (χ2v) is 1.62. The Bertz CT molecular complexity index is 171. The summed E-state index contributed by atoms with van der Waals surface area (Å²) in [6.07, 6.45) is -0.865. The number of hydrogen-bond donors (Lipinski definition) is 2. The maximum absolute atomic E-state index is 10.2. The Morgan fingerprint density at radius 3 is 1.80 bits per heavy atom. The number of hydrogen-bond acceptors (Lipinski definition) is 3. The van der Waals surface area contributed by atoms with Crippen molar-refractivity contribution in [2.75, 3.05) is 0 Å². The van der Waals surface area contributed by atoms with Crippen molar-refractivity contribution in [3.05, 3.63) is 0 Å². The minimum atomic E-state index is -1.58. The lowest BCUT2D eigenvalue weighted by atomic mass is 10.4. The third kappa shape index (κ3) is 3.59. The summed E-state index contributed by atoms with van der Waals surface area (Å²) in [6.45, 7) is 0. The van der Waals surface area contributed by atoms with Gasteiger partial charge in [0.1, 0.15) is 0 Å². The molecule has 0 radical (unpaired) electrons. The lowest BCUT2D eigenvalue weighted by Gasteiger charge is -1.88. The molecule has 5 nitrogen and oxygen atoms in total. The number of rotatable bonds is 4. The van der Waals surface area contributed by atoms with Crippen molar-refractivity contribution < 1.29 is 24.6 Å². The topological polar surface area (TPSA) is 91.7 Å². The first-order chi connectivity index (χ1) is 4.54. The molecule has 0 aromatic rings. The molecule has 5 heteroatoms. The molecule has 10 heavy (non-hydrogen) atoms. The van der Waals surface area contributed by atoms with Crippen LogP contribution in [0.15, 0.2) is 0 Å². The van der Waals surface area contributed by atoms with Crippen LogP contribution in [-0.2, 0) is 14.4 Å². The van der Waals surface area contributed by atoms with Crippen LogP contribution in [0.1, 0.15) is 12.8 Å². The van der Waals surface area contributed by atoms with Gasteiger partial charge < -0.3 is 10.2 Å². The third-order valence-electron chi connectivity index (χ3n) is 0.804. The molecule has 0 aliphatic carbocycles. The van der Waals surface area contributed by atoms with Crippen LogP contribution in [0.3, 0.4) is 0 Å². The second-order valence-electron chi connectivity index (χ2n) is 1.62. The maximum atomic E-state index is 10.2. The summed E-state index contributed by atoms with van der Waals surface area (Å²) in [5.74, 6) is -3.82. The minimum absolute atomic E-state index is 0.425. The second kappa shape index (κ2) is 3.60. The molecule has 0 bridgehead atoms. The number of carboxylic acid groups (broad SMARTS) is 2. The van der Waals surface area contributed by atoms with Gasteiger partial charge in [0, 0.05) is 6.42 Å². The van der Waals surface area contributed by atoms with E-state index < -0.39 is 30.6 Å². The quantitative estimate of drug-likeness (QED) is 0.414. The van der Waals surface area contributed by atoms with Crippen molar-refractivity contribution in [3.63, 3.8) is 0 Å². The highest BCUT2D eigenvalue weighted by Gasteiger charge is 2.12. The number of aliphatic carboxylic acids is 2. The predicted octanol–water partition coefficient (Wildman–Crippen LogP) is -0.495. The predicted molar refractivity (Wildman–Crippen MR) is 29.5 cm³/mol. The normalized spacial score (nSPS) is 8.80. The molecule has 0 heterocycles. The van der Waals surface area contributed by atoms with Crippen LogP contribution in [0.5, 0.6) is 0 Å². The first kappa shape index (κ1) is 8.61. The lowest BCUT2D eigenvalue weighted by Crippen LogP contribution is -2.13. The Morgan fingerprint density at radius 1 is 1.00 bits per heavy atom. The van der Waals surface area contributed by atoms with Crippen LogP contribution in [0.4, 0.5) is 0 Å². The Hall–Kier alpha value is -1.39. The molecule has 0 rings (SSSR count). The first-order valence-corrected chi connectivity index (χ1v) is 2.52. The number of carbonyl (C=O) groups is 3. The summed E-state index contributed by atoms with van der Waals surface area (Å²) < 4.78 is 0. The van der Waals surface area contributed by atoms with Gasteiger partial charge in [0.05, 0.1) is 6.42 Å². The monoisotopic (exact) mass is 148 g/mol. The van der Waals surface area contributed by atoms with Crippen molar-refractivity contribution >= 4 is 17.7 Å². The molecule has 0 unspecified atom stereocenters. The van der Waals surface area contributed by atoms with E-state index in [-0.39, 0.29) is 0 Å². The van der Waals surface area contributed by atoms with Gasteiger partial charge in [0.2, 0.25) is 5.78 Å². The zero-order valence-corrected chi connectivity index (χ0v) is 5.03. The lowest BCUT2D eigenvalue weighted by molar-refractivity contribution is -0.149. The zero-order chi connectivity index (χ0) is 8.15. The molecule has 0 aliphatic heterocycles. The van der Waals surface area contributed by atoms with Crippen LogP contribution in [0.25, 0.3) is 0 Å². The van der Waals surface area contributed by atoms with Crippen molar-refractivity contribution in [2.24, 2.45) is 0 Å². The van der Waals surface area contributed by atoms with E-state index in [1.54, 1.807) is 0 Å². The highest BCUT2D eigenvalue weighted by atomic mass is 16.5. The molecule has 0 atom stereocenters. The maximum Gasteiger partial charge on any atom is 0.372 e. The van der Waals surface area contributed by atoms with E-state index in [4.69, 9.17) is 10.2 Å². The highest BCUT2D eigenvalue weighted by Crippen LogP contribution is 1.89. The largest absolute Gasteiger partial charge is 0.481 e. The van der Waals surface area contributed by atoms with E-state index in [9.17, 15) is 14.4 Å². The number of carbonyl (C=O) groups excluding carboxylic acids is 1. The van der Waals surface area contributed by atoms with E-state index in [2.05, 4.69) is 0 Å². The van der Waals surface area contributed by atoms with Gasteiger partial charge in [0.15, 0.2) is 0 Å². The van der Waals surface area contributed by atoms with Crippen molar-refractivity contribution in [2.45, 2.75) is 12.8 Å². The van der Waals surface area contributed by atoms with Gasteiger partial charge in [-0.1, -0.05) is 0 Å². The van der Waals surface area contributed by atoms with E-state index >= 15 is 0 Å². The van der Waals surface area contributed by atoms with Gasteiger partial charge in [-0.15, -0.1) is 0 Å². The molecule has 0 spiro atoms. The summed E-state index contributed by atoms with van der Waals surface area (Å²) in [4.78, 5) is 29.7. The molecule has 2 N–H and O–H groups in total. The minimum Gasteiger partial charge on any atom is -0.481 e. The average molecular weight is 148 g/mol. The van der Waals surface area contributed by atoms with Crippen LogP contribution in [-0.4, -0.2) is 27.9 Å². The summed E-state index contributed by atoms with van der Waals surface area (Å²) >= 11 is 0. The standard InChI is InChI=1S/C5H6O5/c6-3(5(9)10)1-2-4(7)8/h1-2H2,(H,7,8)(H,9,10)/i3+1,5+1. The summed E-state index contributed by atoms with van der Waals surface area (Å²) in [5.41, 5.74) is 0. The molecule has 0 aromatic heterocycles. The average Bonchev–Trinajstić information content (AvgIpc) is 1.82. The van der Waals surface area contributed by atoms with E-state index in [1.807, 2.05) is 0 Å². The van der Waals surface area contributed by atoms with Gasteiger partial charge in [0.25, 0.3) is 0 Å². The Morgan fingerprint density at radius 2 is 1.50 bits per heavy atom. The molecule has 56 valence electrons. The third-order valence-corrected chi connectivity index (χ3v) is 0.804. The van der Waals surface area contributed by atoms with Crippen LogP contribution < -0.4 is 0 Å². The van der Waals surface area contributed by atoms with Gasteiger partial charge in [-0.2, -0.15) is 0 Å². The Kier molecular flexibility index (Phi) is 3.10. The fourth-order valence-electron chi connectivity index (χ4n) is 0.327. The van der Waals surface area contributed by atoms with Crippen LogP contribution in [0.2, 0.25) is 0 Å². The fourth-order valence-corrected chi connectivity index (χ4v) is 0.327. The molecule has 0 amide bonds. The van der Waals surface area contributed by atoms with E-state index in [0.29, 0.717) is 0 Å². The zero-order valence-electron chi connectivity index (χ0n) is 5.03. The summed E-state index contributed by atoms with van der Waals surface area (Å²) in [7, 11) is 0. The van der Waals surface area contributed by atoms with Gasteiger partial charge >= 0.3 is 11.9 Å². The fraction of sp³-hybridized carbons (Fsp3) is 0.400. The Balaban J connectivity index is 3.60. The van der Waals surface area contributed by atoms with E-state index in [1.165, 1.54) is 0 Å². The first-order valence-electron chi connectivity index (χ1n) is 2.52. The summed E-state index contributed by atoms with van der Waals surface area (Å²) in [5, 5.41) is 16.0. The van der Waals surface area contributed by atoms with Crippen LogP contribution in [0, 0.1) is 0 Å². The van der Waals surface area contributed by atoms with Crippen LogP contribution >= 0.6 is 0 Å². The number of carboxylic acids is 2. The molecule has 0 saturated heterocycles. The number of Topliss-reactive ketones (excluding diaryl/α,β-unsaturated/α-hetero) is 1. The SMILES string of the molecule is O=C(O)CC[13C](=O)[13C](=O)O. The van der Waals surface area contributed by atoms with Gasteiger partial charge in [-0.3, -0.25) is 9.59 Å². The molecule has 0 aromatic carbocycles. The summed E-state index contributed by atoms with van der Waals surface area (Å²) in [6, 6.07) is 0. The van der Waals surface area contributed by atoms with Gasteiger partial charge in [-0.25, -0.2) is 4.79 Å². The molecular formula is C5H6O5. The molecule has 0 fully saturated rings. The number of ketones is 1. The smallest absolute Gasteiger partial charge is 0.372 e. The van der Waals surface area contributed by atoms with Crippen molar-refractivity contribution in [1.82, 2.24) is 0 Å². The molecule has 0 aliphatic rings. The molecule has 0 saturated carbocycles. The molecular weight excluding hydrogens is 142 g/mol.